The Hall–Kier alpha value is -1.72. The van der Waals surface area contributed by atoms with Crippen LogP contribution in [0.2, 0.25) is 0 Å². The van der Waals surface area contributed by atoms with Crippen LogP contribution in [-0.4, -0.2) is 46.9 Å². The summed E-state index contributed by atoms with van der Waals surface area (Å²) in [6.45, 7) is 11.0. The Morgan fingerprint density at radius 3 is 2.62 bits per heavy atom. The van der Waals surface area contributed by atoms with Crippen LogP contribution in [-0.2, 0) is 16.8 Å². The summed E-state index contributed by atoms with van der Waals surface area (Å²) in [6, 6.07) is 8.93. The first-order valence-electron chi connectivity index (χ1n) is 11.0. The van der Waals surface area contributed by atoms with E-state index in [1.54, 1.807) is 11.3 Å². The van der Waals surface area contributed by atoms with Crippen LogP contribution in [0.1, 0.15) is 67.3 Å². The molecule has 4 nitrogen and oxygen atoms in total. The van der Waals surface area contributed by atoms with Gasteiger partial charge in [-0.3, -0.25) is 9.69 Å². The average molecular weight is 412 g/mol. The fourth-order valence-electron chi connectivity index (χ4n) is 5.45. The summed E-state index contributed by atoms with van der Waals surface area (Å²) < 4.78 is 0. The molecule has 1 amide bonds. The molecule has 0 N–H and O–H groups in total. The van der Waals surface area contributed by atoms with Crippen molar-refractivity contribution in [2.45, 2.75) is 64.3 Å². The van der Waals surface area contributed by atoms with Crippen molar-refractivity contribution < 1.29 is 4.79 Å². The van der Waals surface area contributed by atoms with Gasteiger partial charge in [-0.25, -0.2) is 4.98 Å². The monoisotopic (exact) mass is 411 g/mol. The minimum atomic E-state index is 0.249. The highest BCUT2D eigenvalue weighted by Crippen LogP contribution is 2.52. The number of carbonyl (C=O) groups excluding carboxylic acids is 1. The lowest BCUT2D eigenvalue weighted by Gasteiger charge is -2.40. The molecule has 2 aliphatic rings. The smallest absolute Gasteiger partial charge is 0.223 e. The van der Waals surface area contributed by atoms with Crippen molar-refractivity contribution in [2.75, 3.05) is 26.2 Å². The lowest BCUT2D eigenvalue weighted by atomic mass is 9.73. The van der Waals surface area contributed by atoms with Gasteiger partial charge in [-0.15, -0.1) is 11.3 Å². The van der Waals surface area contributed by atoms with Crippen LogP contribution in [0.4, 0.5) is 0 Å². The van der Waals surface area contributed by atoms with Crippen LogP contribution in [0.25, 0.3) is 0 Å². The highest BCUT2D eigenvalue weighted by Gasteiger charge is 2.45. The zero-order chi connectivity index (χ0) is 20.4. The highest BCUT2D eigenvalue weighted by atomic mass is 32.1. The molecule has 29 heavy (non-hydrogen) atoms. The van der Waals surface area contributed by atoms with Gasteiger partial charge < -0.3 is 4.90 Å². The number of amides is 1. The van der Waals surface area contributed by atoms with Gasteiger partial charge >= 0.3 is 0 Å². The number of fused-ring (bicyclic) bond motifs is 2. The molecule has 1 aliphatic heterocycles. The van der Waals surface area contributed by atoms with Gasteiger partial charge in [0.25, 0.3) is 0 Å². The predicted molar refractivity (Wildman–Crippen MR) is 119 cm³/mol. The van der Waals surface area contributed by atoms with Gasteiger partial charge in [-0.1, -0.05) is 24.3 Å². The van der Waals surface area contributed by atoms with E-state index in [-0.39, 0.29) is 5.41 Å². The van der Waals surface area contributed by atoms with E-state index in [9.17, 15) is 4.79 Å². The molecule has 0 saturated carbocycles. The topological polar surface area (TPSA) is 36.4 Å². The van der Waals surface area contributed by atoms with Gasteiger partial charge in [0, 0.05) is 31.4 Å². The summed E-state index contributed by atoms with van der Waals surface area (Å²) in [7, 11) is 0. The maximum atomic E-state index is 12.8. The van der Waals surface area contributed by atoms with Crippen LogP contribution >= 0.6 is 11.3 Å². The Balaban J connectivity index is 1.46. The number of hydrogen-bond acceptors (Lipinski definition) is 4. The van der Waals surface area contributed by atoms with E-state index in [0.717, 1.165) is 44.2 Å². The minimum Gasteiger partial charge on any atom is -0.343 e. The summed E-state index contributed by atoms with van der Waals surface area (Å²) >= 11 is 1.74. The highest BCUT2D eigenvalue weighted by molar-refractivity contribution is 7.09. The molecule has 1 unspecified atom stereocenters. The second-order valence-corrected chi connectivity index (χ2v) is 9.74. The zero-order valence-corrected chi connectivity index (χ0v) is 18.8. The molecular formula is C24H33N3OS. The van der Waals surface area contributed by atoms with Crippen LogP contribution < -0.4 is 0 Å². The van der Waals surface area contributed by atoms with Crippen molar-refractivity contribution in [3.8, 4) is 0 Å². The van der Waals surface area contributed by atoms with E-state index in [4.69, 9.17) is 0 Å². The molecule has 1 fully saturated rings. The zero-order valence-electron chi connectivity index (χ0n) is 18.0. The average Bonchev–Trinajstić information content (AvgIpc) is 3.27. The Morgan fingerprint density at radius 2 is 1.97 bits per heavy atom. The van der Waals surface area contributed by atoms with Crippen LogP contribution in [0.5, 0.6) is 0 Å². The summed E-state index contributed by atoms with van der Waals surface area (Å²) in [6.07, 6.45) is 4.15. The van der Waals surface area contributed by atoms with Crippen molar-refractivity contribution >= 4 is 17.2 Å². The molecule has 1 aliphatic carbocycles. The number of benzene rings is 1. The normalized spacial score (nSPS) is 20.7. The van der Waals surface area contributed by atoms with Crippen LogP contribution in [0.3, 0.4) is 0 Å². The first-order valence-corrected chi connectivity index (χ1v) is 11.9. The number of carbonyl (C=O) groups is 1. The summed E-state index contributed by atoms with van der Waals surface area (Å²) in [5, 5.41) is 3.35. The molecule has 1 aromatic heterocycles. The second-order valence-electron chi connectivity index (χ2n) is 8.67. The van der Waals surface area contributed by atoms with Gasteiger partial charge in [-0.2, -0.15) is 0 Å². The van der Waals surface area contributed by atoms with Gasteiger partial charge in [-0.05, 0) is 75.6 Å². The van der Waals surface area contributed by atoms with Gasteiger partial charge in [0.15, 0.2) is 0 Å². The van der Waals surface area contributed by atoms with E-state index >= 15 is 0 Å². The number of nitrogens with zero attached hydrogens (tertiary/aromatic N) is 3. The third-order valence-electron chi connectivity index (χ3n) is 7.01. The molecule has 1 spiro atoms. The first kappa shape index (κ1) is 20.5. The van der Waals surface area contributed by atoms with Crippen molar-refractivity contribution in [1.82, 2.24) is 14.8 Å². The van der Waals surface area contributed by atoms with E-state index in [1.807, 2.05) is 4.90 Å². The predicted octanol–water partition coefficient (Wildman–Crippen LogP) is 4.73. The van der Waals surface area contributed by atoms with E-state index < -0.39 is 0 Å². The number of aromatic nitrogens is 1. The standard InChI is InChI=1S/C24H33N3OS/c1-4-27(5-2)23(28)14-19-15-24(22-9-7-6-8-21(19)22)10-12-26(13-11-24)16-20-17-29-18(3)25-20/h6-9,17,19H,4-5,10-16H2,1-3H3. The van der Waals surface area contributed by atoms with E-state index in [1.165, 1.54) is 29.7 Å². The van der Waals surface area contributed by atoms with Crippen molar-refractivity contribution in [2.24, 2.45) is 0 Å². The Kier molecular flexibility index (Phi) is 6.07. The number of piperidine rings is 1. The quantitative estimate of drug-likeness (QED) is 0.689. The fraction of sp³-hybridized carbons (Fsp3) is 0.583. The molecular weight excluding hydrogens is 378 g/mol. The second kappa shape index (κ2) is 8.57. The van der Waals surface area contributed by atoms with Crippen molar-refractivity contribution in [3.63, 3.8) is 0 Å². The summed E-state index contributed by atoms with van der Waals surface area (Å²) in [4.78, 5) is 22.0. The van der Waals surface area contributed by atoms with Gasteiger partial charge in [0.2, 0.25) is 5.91 Å². The number of hydrogen-bond donors (Lipinski definition) is 0. The fourth-order valence-corrected chi connectivity index (χ4v) is 6.05. The lowest BCUT2D eigenvalue weighted by molar-refractivity contribution is -0.131. The van der Waals surface area contributed by atoms with Gasteiger partial charge in [0.05, 0.1) is 10.7 Å². The molecule has 5 heteroatoms. The lowest BCUT2D eigenvalue weighted by Crippen LogP contribution is -2.41. The number of rotatable bonds is 6. The maximum absolute atomic E-state index is 12.8. The Bertz CT molecular complexity index is 849. The van der Waals surface area contributed by atoms with Gasteiger partial charge in [0.1, 0.15) is 0 Å². The Morgan fingerprint density at radius 1 is 1.24 bits per heavy atom. The maximum Gasteiger partial charge on any atom is 0.223 e. The minimum absolute atomic E-state index is 0.249. The molecule has 1 atom stereocenters. The molecule has 2 aromatic rings. The SMILES string of the molecule is CCN(CC)C(=O)CC1CC2(CCN(Cc3csc(C)n3)CC2)c2ccccc21. The molecule has 4 rings (SSSR count). The summed E-state index contributed by atoms with van der Waals surface area (Å²) in [5.74, 6) is 0.676. The molecule has 0 radical (unpaired) electrons. The van der Waals surface area contributed by atoms with Crippen LogP contribution in [0.15, 0.2) is 29.6 Å². The van der Waals surface area contributed by atoms with Crippen molar-refractivity contribution in [1.29, 1.82) is 0 Å². The molecule has 0 bridgehead atoms. The van der Waals surface area contributed by atoms with Crippen molar-refractivity contribution in [3.05, 3.63) is 51.5 Å². The Labute approximate surface area is 178 Å². The number of thiazole rings is 1. The third kappa shape index (κ3) is 4.13. The molecule has 1 saturated heterocycles. The number of likely N-dealkylation sites (tertiary alicyclic amines) is 1. The first-order chi connectivity index (χ1) is 14.0. The summed E-state index contributed by atoms with van der Waals surface area (Å²) in [5.41, 5.74) is 4.40. The molecule has 1 aromatic carbocycles. The number of aryl methyl sites for hydroxylation is 1. The van der Waals surface area contributed by atoms with E-state index in [0.29, 0.717) is 18.2 Å². The van der Waals surface area contributed by atoms with E-state index in [2.05, 4.69) is 60.3 Å². The third-order valence-corrected chi connectivity index (χ3v) is 7.83. The molecule has 2 heterocycles. The van der Waals surface area contributed by atoms with Crippen LogP contribution in [0, 0.1) is 6.92 Å². The largest absolute Gasteiger partial charge is 0.343 e. The molecule has 156 valence electrons.